The van der Waals surface area contributed by atoms with E-state index in [1.54, 1.807) is 42.6 Å². The van der Waals surface area contributed by atoms with E-state index >= 15 is 0 Å². The zero-order valence-electron chi connectivity index (χ0n) is 14.5. The van der Waals surface area contributed by atoms with E-state index in [4.69, 9.17) is 0 Å². The smallest absolute Gasteiger partial charge is 0.322 e. The summed E-state index contributed by atoms with van der Waals surface area (Å²) in [7, 11) is 0. The molecule has 1 fully saturated rings. The molecular weight excluding hydrogens is 368 g/mol. The van der Waals surface area contributed by atoms with E-state index in [1.165, 1.54) is 11.3 Å². The molecule has 9 heteroatoms. The molecule has 1 unspecified atom stereocenters. The van der Waals surface area contributed by atoms with Crippen LogP contribution in [-0.2, 0) is 15.1 Å². The number of anilines is 1. The lowest BCUT2D eigenvalue weighted by Crippen LogP contribution is -2.40. The van der Waals surface area contributed by atoms with Gasteiger partial charge in [-0.25, -0.2) is 4.79 Å². The normalized spacial score (nSPS) is 18.6. The van der Waals surface area contributed by atoms with Crippen LogP contribution >= 0.6 is 11.3 Å². The van der Waals surface area contributed by atoms with Crippen LogP contribution in [0.15, 0.2) is 41.1 Å². The summed E-state index contributed by atoms with van der Waals surface area (Å²) in [6.45, 7) is 1.80. The van der Waals surface area contributed by atoms with Crippen LogP contribution in [0.5, 0.6) is 0 Å². The molecule has 1 aromatic carbocycles. The van der Waals surface area contributed by atoms with Gasteiger partial charge in [-0.05, 0) is 36.1 Å². The molecule has 0 saturated carbocycles. The van der Waals surface area contributed by atoms with Gasteiger partial charge >= 0.3 is 6.03 Å². The second kappa shape index (κ2) is 7.58. The summed E-state index contributed by atoms with van der Waals surface area (Å²) in [6, 6.07) is 7.85. The van der Waals surface area contributed by atoms with Crippen molar-refractivity contribution in [3.63, 3.8) is 0 Å². The predicted octanol–water partition coefficient (Wildman–Crippen LogP) is 1.56. The van der Waals surface area contributed by atoms with Crippen LogP contribution in [0, 0.1) is 0 Å². The summed E-state index contributed by atoms with van der Waals surface area (Å²) in [5, 5.41) is 13.7. The Kier molecular flexibility index (Phi) is 5.22. The first kappa shape index (κ1) is 18.6. The van der Waals surface area contributed by atoms with E-state index in [2.05, 4.69) is 21.3 Å². The first-order valence-corrected chi connectivity index (χ1v) is 9.17. The largest absolute Gasteiger partial charge is 0.351 e. The molecule has 1 aliphatic heterocycles. The minimum atomic E-state index is -1.19. The van der Waals surface area contributed by atoms with E-state index in [9.17, 15) is 19.2 Å². The number of benzene rings is 1. The lowest BCUT2D eigenvalue weighted by molar-refractivity contribution is -0.123. The number of carbonyl (C=O) groups excluding carboxylic acids is 4. The van der Waals surface area contributed by atoms with Crippen LogP contribution in [0.4, 0.5) is 10.5 Å². The Morgan fingerprint density at radius 3 is 2.70 bits per heavy atom. The Bertz CT molecular complexity index is 897. The van der Waals surface area contributed by atoms with Crippen LogP contribution < -0.4 is 21.3 Å². The lowest BCUT2D eigenvalue weighted by atomic mass is 9.92. The highest BCUT2D eigenvalue weighted by molar-refractivity contribution is 7.08. The number of amides is 5. The molecule has 0 spiro atoms. The SMILES string of the molecule is CC1(c2cccc(NC(=O)CCNC(=O)c3ccsc3)c2)NC(=O)NC1=O. The highest BCUT2D eigenvalue weighted by atomic mass is 32.1. The molecule has 0 radical (unpaired) electrons. The average Bonchev–Trinajstić information content (AvgIpc) is 3.24. The van der Waals surface area contributed by atoms with Crippen molar-refractivity contribution in [3.05, 3.63) is 52.2 Å². The van der Waals surface area contributed by atoms with Gasteiger partial charge in [0.2, 0.25) is 5.91 Å². The Balaban J connectivity index is 1.56. The fourth-order valence-corrected chi connectivity index (χ4v) is 3.30. The minimum Gasteiger partial charge on any atom is -0.351 e. The van der Waals surface area contributed by atoms with Gasteiger partial charge in [-0.1, -0.05) is 12.1 Å². The van der Waals surface area contributed by atoms with Gasteiger partial charge in [0.05, 0.1) is 0 Å². The molecule has 8 nitrogen and oxygen atoms in total. The van der Waals surface area contributed by atoms with Gasteiger partial charge in [0.1, 0.15) is 5.54 Å². The van der Waals surface area contributed by atoms with E-state index in [0.29, 0.717) is 16.8 Å². The van der Waals surface area contributed by atoms with Crippen molar-refractivity contribution in [2.24, 2.45) is 0 Å². The fourth-order valence-electron chi connectivity index (χ4n) is 2.66. The highest BCUT2D eigenvalue weighted by Crippen LogP contribution is 2.26. The standard InChI is InChI=1S/C18H18N4O4S/c1-18(16(25)21-17(26)22-18)12-3-2-4-13(9-12)20-14(23)5-7-19-15(24)11-6-8-27-10-11/h2-4,6,8-10H,5,7H2,1H3,(H,19,24)(H,20,23)(H2,21,22,25,26). The molecule has 1 saturated heterocycles. The molecule has 4 N–H and O–H groups in total. The highest BCUT2D eigenvalue weighted by Gasteiger charge is 2.43. The molecular formula is C18H18N4O4S. The minimum absolute atomic E-state index is 0.106. The second-order valence-electron chi connectivity index (χ2n) is 6.18. The third kappa shape index (κ3) is 4.14. The Labute approximate surface area is 159 Å². The Morgan fingerprint density at radius 2 is 2.04 bits per heavy atom. The number of rotatable bonds is 6. The molecule has 3 rings (SSSR count). The molecule has 0 aliphatic carbocycles. The zero-order valence-corrected chi connectivity index (χ0v) is 15.3. The average molecular weight is 386 g/mol. The van der Waals surface area contributed by atoms with Gasteiger partial charge in [0.15, 0.2) is 0 Å². The predicted molar refractivity (Wildman–Crippen MR) is 100 cm³/mol. The van der Waals surface area contributed by atoms with Gasteiger partial charge in [0, 0.05) is 29.6 Å². The molecule has 5 amide bonds. The summed E-state index contributed by atoms with van der Waals surface area (Å²) in [5.74, 6) is -0.947. The number of thiophene rings is 1. The second-order valence-corrected chi connectivity index (χ2v) is 6.96. The topological polar surface area (TPSA) is 116 Å². The van der Waals surface area contributed by atoms with Crippen molar-refractivity contribution >= 4 is 40.8 Å². The van der Waals surface area contributed by atoms with Crippen molar-refractivity contribution in [1.82, 2.24) is 16.0 Å². The van der Waals surface area contributed by atoms with E-state index in [0.717, 1.165) is 0 Å². The molecule has 140 valence electrons. The quantitative estimate of drug-likeness (QED) is 0.564. The third-order valence-electron chi connectivity index (χ3n) is 4.19. The lowest BCUT2D eigenvalue weighted by Gasteiger charge is -2.21. The van der Waals surface area contributed by atoms with Crippen LogP contribution in [0.25, 0.3) is 0 Å². The third-order valence-corrected chi connectivity index (χ3v) is 4.87. The van der Waals surface area contributed by atoms with Gasteiger partial charge in [-0.15, -0.1) is 0 Å². The van der Waals surface area contributed by atoms with E-state index in [-0.39, 0.29) is 24.8 Å². The van der Waals surface area contributed by atoms with E-state index in [1.807, 2.05) is 5.38 Å². The van der Waals surface area contributed by atoms with Gasteiger partial charge in [-0.2, -0.15) is 11.3 Å². The van der Waals surface area contributed by atoms with Crippen molar-refractivity contribution in [2.45, 2.75) is 18.9 Å². The molecule has 1 aromatic heterocycles. The van der Waals surface area contributed by atoms with Gasteiger partial charge in [0.25, 0.3) is 11.8 Å². The molecule has 0 bridgehead atoms. The number of nitrogens with one attached hydrogen (secondary N) is 4. The molecule has 2 heterocycles. The number of urea groups is 1. The maximum atomic E-state index is 12.1. The number of imide groups is 1. The molecule has 1 aliphatic rings. The maximum absolute atomic E-state index is 12.1. The Hall–Kier alpha value is -3.20. The monoisotopic (exact) mass is 386 g/mol. The van der Waals surface area contributed by atoms with Crippen LogP contribution in [0.3, 0.4) is 0 Å². The van der Waals surface area contributed by atoms with Crippen LogP contribution in [-0.4, -0.2) is 30.3 Å². The van der Waals surface area contributed by atoms with Crippen molar-refractivity contribution < 1.29 is 19.2 Å². The van der Waals surface area contributed by atoms with Crippen molar-refractivity contribution in [1.29, 1.82) is 0 Å². The van der Waals surface area contributed by atoms with E-state index < -0.39 is 17.5 Å². The summed E-state index contributed by atoms with van der Waals surface area (Å²) in [4.78, 5) is 47.4. The summed E-state index contributed by atoms with van der Waals surface area (Å²) in [6.07, 6.45) is 0.106. The molecule has 1 atom stereocenters. The van der Waals surface area contributed by atoms with Crippen LogP contribution in [0.2, 0.25) is 0 Å². The summed E-state index contributed by atoms with van der Waals surface area (Å²) < 4.78 is 0. The maximum Gasteiger partial charge on any atom is 0.322 e. The zero-order chi connectivity index (χ0) is 19.4. The summed E-state index contributed by atoms with van der Waals surface area (Å²) in [5.41, 5.74) is 0.427. The number of hydrogen-bond acceptors (Lipinski definition) is 5. The van der Waals surface area contributed by atoms with Crippen LogP contribution in [0.1, 0.15) is 29.3 Å². The number of carbonyl (C=O) groups is 4. The number of hydrogen-bond donors (Lipinski definition) is 4. The summed E-state index contributed by atoms with van der Waals surface area (Å²) >= 11 is 1.43. The van der Waals surface area contributed by atoms with Gasteiger partial charge in [-0.3, -0.25) is 19.7 Å². The van der Waals surface area contributed by atoms with Crippen molar-refractivity contribution in [2.75, 3.05) is 11.9 Å². The Morgan fingerprint density at radius 1 is 1.22 bits per heavy atom. The van der Waals surface area contributed by atoms with Gasteiger partial charge < -0.3 is 16.0 Å². The first-order chi connectivity index (χ1) is 12.9. The molecule has 27 heavy (non-hydrogen) atoms. The molecule has 2 aromatic rings. The first-order valence-electron chi connectivity index (χ1n) is 8.23. The van der Waals surface area contributed by atoms with Crippen molar-refractivity contribution in [3.8, 4) is 0 Å². The fraction of sp³-hybridized carbons (Fsp3) is 0.222.